The fraction of sp³-hybridized carbons (Fsp3) is 0.429. The van der Waals surface area contributed by atoms with Gasteiger partial charge in [0, 0.05) is 15.9 Å². The van der Waals surface area contributed by atoms with Crippen LogP contribution < -0.4 is 5.32 Å². The third-order valence-electron chi connectivity index (χ3n) is 2.83. The van der Waals surface area contributed by atoms with Gasteiger partial charge in [-0.1, -0.05) is 13.3 Å². The molecule has 0 fully saturated rings. The molecule has 0 bridgehead atoms. The van der Waals surface area contributed by atoms with E-state index in [-0.39, 0.29) is 0 Å². The lowest BCUT2D eigenvalue weighted by Crippen LogP contribution is -2.07. The second-order valence-corrected chi connectivity index (χ2v) is 7.64. The van der Waals surface area contributed by atoms with Crippen LogP contribution in [-0.2, 0) is 6.42 Å². The van der Waals surface area contributed by atoms with E-state index in [1.807, 2.05) is 0 Å². The van der Waals surface area contributed by atoms with Gasteiger partial charge in [-0.05, 0) is 64.9 Å². The fourth-order valence-corrected chi connectivity index (χ4v) is 4.03. The molecule has 0 aliphatic heterocycles. The molecule has 0 saturated heterocycles. The molecule has 0 radical (unpaired) electrons. The Labute approximate surface area is 145 Å². The van der Waals surface area contributed by atoms with Gasteiger partial charge in [-0.2, -0.15) is 0 Å². The van der Waals surface area contributed by atoms with E-state index in [9.17, 15) is 0 Å². The van der Waals surface area contributed by atoms with Crippen molar-refractivity contribution in [3.63, 3.8) is 0 Å². The third-order valence-corrected chi connectivity index (χ3v) is 6.09. The van der Waals surface area contributed by atoms with Crippen LogP contribution in [0.5, 0.6) is 0 Å². The molecule has 2 aromatic rings. The molecule has 0 aliphatic rings. The highest BCUT2D eigenvalue weighted by molar-refractivity contribution is 14.1. The Morgan fingerprint density at radius 2 is 2.10 bits per heavy atom. The zero-order chi connectivity index (χ0) is 14.7. The molecule has 2 rings (SSSR count). The second-order valence-electron chi connectivity index (χ2n) is 4.45. The van der Waals surface area contributed by atoms with Crippen LogP contribution in [0.4, 0.5) is 5.82 Å². The Balaban J connectivity index is 2.52. The summed E-state index contributed by atoms with van der Waals surface area (Å²) in [6.07, 6.45) is 2.07. The summed E-state index contributed by atoms with van der Waals surface area (Å²) < 4.78 is 2.27. The lowest BCUT2D eigenvalue weighted by Gasteiger charge is -2.11. The molecule has 1 N–H and O–H groups in total. The minimum atomic E-state index is 0.823. The number of nitrogens with one attached hydrogen (secondary N) is 1. The van der Waals surface area contributed by atoms with Gasteiger partial charge < -0.3 is 5.32 Å². The Bertz CT molecular complexity index is 566. The number of halogens is 2. The molecular formula is C14H17BrIN3S. The summed E-state index contributed by atoms with van der Waals surface area (Å²) in [5.41, 5.74) is 1.14. The zero-order valence-electron chi connectivity index (χ0n) is 11.8. The van der Waals surface area contributed by atoms with Crippen LogP contribution in [-0.4, -0.2) is 16.5 Å². The SMILES string of the molecule is CCCc1nc(-c2cc(Br)c(C)s2)nc(NCC)c1I. The van der Waals surface area contributed by atoms with Gasteiger partial charge in [0.25, 0.3) is 0 Å². The van der Waals surface area contributed by atoms with Crippen molar-refractivity contribution in [1.82, 2.24) is 9.97 Å². The lowest BCUT2D eigenvalue weighted by atomic mass is 10.2. The summed E-state index contributed by atoms with van der Waals surface area (Å²) in [6.45, 7) is 7.23. The lowest BCUT2D eigenvalue weighted by molar-refractivity contribution is 0.867. The van der Waals surface area contributed by atoms with Crippen LogP contribution in [0.15, 0.2) is 10.5 Å². The number of hydrogen-bond acceptors (Lipinski definition) is 4. The van der Waals surface area contributed by atoms with E-state index < -0.39 is 0 Å². The Hall–Kier alpha value is -0.210. The van der Waals surface area contributed by atoms with E-state index in [1.165, 1.54) is 4.88 Å². The average Bonchev–Trinajstić information content (AvgIpc) is 2.75. The van der Waals surface area contributed by atoms with Crippen molar-refractivity contribution in [3.8, 4) is 10.7 Å². The van der Waals surface area contributed by atoms with Crippen molar-refractivity contribution >= 4 is 55.7 Å². The van der Waals surface area contributed by atoms with Gasteiger partial charge >= 0.3 is 0 Å². The van der Waals surface area contributed by atoms with Gasteiger partial charge in [0.05, 0.1) is 14.1 Å². The molecule has 0 unspecified atom stereocenters. The average molecular weight is 466 g/mol. The summed E-state index contributed by atoms with van der Waals surface area (Å²) in [4.78, 5) is 11.8. The molecule has 0 spiro atoms. The first-order chi connectivity index (χ1) is 9.56. The Morgan fingerprint density at radius 1 is 1.35 bits per heavy atom. The van der Waals surface area contributed by atoms with E-state index in [0.717, 1.165) is 49.6 Å². The minimum absolute atomic E-state index is 0.823. The zero-order valence-corrected chi connectivity index (χ0v) is 16.3. The molecule has 0 aliphatic carbocycles. The number of anilines is 1. The monoisotopic (exact) mass is 465 g/mol. The highest BCUT2D eigenvalue weighted by atomic mass is 127. The number of thiophene rings is 1. The van der Waals surface area contributed by atoms with Crippen LogP contribution in [0.25, 0.3) is 10.7 Å². The smallest absolute Gasteiger partial charge is 0.171 e. The largest absolute Gasteiger partial charge is 0.369 e. The number of aromatic nitrogens is 2. The number of rotatable bonds is 5. The third kappa shape index (κ3) is 3.51. The van der Waals surface area contributed by atoms with E-state index in [0.29, 0.717) is 0 Å². The normalized spacial score (nSPS) is 10.8. The Kier molecular flexibility index (Phi) is 5.80. The van der Waals surface area contributed by atoms with Gasteiger partial charge in [-0.25, -0.2) is 9.97 Å². The molecule has 2 heterocycles. The van der Waals surface area contributed by atoms with Gasteiger partial charge in [0.2, 0.25) is 0 Å². The standard InChI is InChI=1S/C14H17BrIN3S/c1-4-6-10-12(16)14(17-5-2)19-13(18-10)11-7-9(15)8(3)20-11/h7H,4-6H2,1-3H3,(H,17,18,19). The maximum absolute atomic E-state index is 4.76. The predicted octanol–water partition coefficient (Wildman–Crippen LogP) is 5.26. The van der Waals surface area contributed by atoms with E-state index in [2.05, 4.69) is 75.7 Å². The first-order valence-electron chi connectivity index (χ1n) is 6.63. The van der Waals surface area contributed by atoms with Crippen molar-refractivity contribution in [1.29, 1.82) is 0 Å². The summed E-state index contributed by atoms with van der Waals surface area (Å²) in [7, 11) is 0. The maximum Gasteiger partial charge on any atom is 0.171 e. The summed E-state index contributed by atoms with van der Waals surface area (Å²) in [5.74, 6) is 1.77. The second kappa shape index (κ2) is 7.17. The molecule has 2 aromatic heterocycles. The van der Waals surface area contributed by atoms with Crippen LogP contribution in [0.1, 0.15) is 30.8 Å². The topological polar surface area (TPSA) is 37.8 Å². The molecule has 0 saturated carbocycles. The van der Waals surface area contributed by atoms with Crippen LogP contribution in [0.2, 0.25) is 0 Å². The van der Waals surface area contributed by atoms with E-state index >= 15 is 0 Å². The van der Waals surface area contributed by atoms with Crippen LogP contribution >= 0.6 is 49.9 Å². The fourth-order valence-electron chi connectivity index (χ4n) is 1.86. The number of hydrogen-bond donors (Lipinski definition) is 1. The van der Waals surface area contributed by atoms with Crippen LogP contribution in [0, 0.1) is 10.5 Å². The first kappa shape index (κ1) is 16.2. The molecule has 3 nitrogen and oxygen atoms in total. The summed E-state index contributed by atoms with van der Waals surface area (Å²) in [5, 5.41) is 3.34. The maximum atomic E-state index is 4.76. The molecule has 0 atom stereocenters. The summed E-state index contributed by atoms with van der Waals surface area (Å²) >= 11 is 7.63. The van der Waals surface area contributed by atoms with Gasteiger partial charge in [0.1, 0.15) is 5.82 Å². The molecular weight excluding hydrogens is 449 g/mol. The molecule has 20 heavy (non-hydrogen) atoms. The van der Waals surface area contributed by atoms with Crippen LogP contribution in [0.3, 0.4) is 0 Å². The van der Waals surface area contributed by atoms with Crippen molar-refractivity contribution in [2.24, 2.45) is 0 Å². The molecule has 108 valence electrons. The molecule has 0 amide bonds. The van der Waals surface area contributed by atoms with Gasteiger partial charge in [-0.3, -0.25) is 0 Å². The number of nitrogens with zero attached hydrogens (tertiary/aromatic N) is 2. The van der Waals surface area contributed by atoms with E-state index in [1.54, 1.807) is 11.3 Å². The highest BCUT2D eigenvalue weighted by Gasteiger charge is 2.14. The summed E-state index contributed by atoms with van der Waals surface area (Å²) in [6, 6.07) is 2.10. The quantitative estimate of drug-likeness (QED) is 0.611. The van der Waals surface area contributed by atoms with Crippen molar-refractivity contribution < 1.29 is 0 Å². The van der Waals surface area contributed by atoms with Crippen molar-refractivity contribution in [2.75, 3.05) is 11.9 Å². The first-order valence-corrected chi connectivity index (χ1v) is 9.32. The highest BCUT2D eigenvalue weighted by Crippen LogP contribution is 2.34. The van der Waals surface area contributed by atoms with Crippen molar-refractivity contribution in [3.05, 3.63) is 24.7 Å². The van der Waals surface area contributed by atoms with Gasteiger partial charge in [-0.15, -0.1) is 11.3 Å². The minimum Gasteiger partial charge on any atom is -0.369 e. The number of aryl methyl sites for hydroxylation is 2. The van der Waals surface area contributed by atoms with E-state index in [4.69, 9.17) is 4.98 Å². The molecule has 6 heteroatoms. The van der Waals surface area contributed by atoms with Gasteiger partial charge in [0.15, 0.2) is 5.82 Å². The molecule has 0 aromatic carbocycles. The predicted molar refractivity (Wildman–Crippen MR) is 98.7 cm³/mol. The van der Waals surface area contributed by atoms with Crippen molar-refractivity contribution in [2.45, 2.75) is 33.6 Å². The Morgan fingerprint density at radius 3 is 2.65 bits per heavy atom.